The van der Waals surface area contributed by atoms with Crippen LogP contribution < -0.4 is 10.2 Å². The van der Waals surface area contributed by atoms with E-state index < -0.39 is 24.3 Å². The molecule has 1 N–H and O–H groups in total. The van der Waals surface area contributed by atoms with E-state index in [4.69, 9.17) is 0 Å². The number of halogens is 2. The summed E-state index contributed by atoms with van der Waals surface area (Å²) < 4.78 is 29.4. The molecule has 0 saturated heterocycles. The van der Waals surface area contributed by atoms with E-state index in [1.54, 1.807) is 30.3 Å². The van der Waals surface area contributed by atoms with Crippen LogP contribution in [0.4, 0.5) is 8.78 Å². The van der Waals surface area contributed by atoms with Crippen molar-refractivity contribution in [3.8, 4) is 5.75 Å². The maximum Gasteiger partial charge on any atom is 0.387 e. The van der Waals surface area contributed by atoms with Gasteiger partial charge in [0.05, 0.1) is 5.92 Å². The number of rotatable bonds is 8. The van der Waals surface area contributed by atoms with E-state index >= 15 is 0 Å². The first-order chi connectivity index (χ1) is 17.3. The molecule has 0 aromatic heterocycles. The number of hydrogen-bond acceptors (Lipinski definition) is 4. The number of alkyl halides is 2. The van der Waals surface area contributed by atoms with Gasteiger partial charge in [-0.3, -0.25) is 15.0 Å². The lowest BCUT2D eigenvalue weighted by molar-refractivity contribution is -0.134. The highest BCUT2D eigenvalue weighted by atomic mass is 19.3. The van der Waals surface area contributed by atoms with Crippen LogP contribution in [0.15, 0.2) is 95.6 Å². The molecular formula is C28H25F2N3O3. The number of amidine groups is 1. The molecule has 3 aromatic carbocycles. The first kappa shape index (κ1) is 24.8. The van der Waals surface area contributed by atoms with Gasteiger partial charge in [0.1, 0.15) is 11.4 Å². The van der Waals surface area contributed by atoms with Crippen molar-refractivity contribution >= 4 is 23.7 Å². The largest absolute Gasteiger partial charge is 0.435 e. The van der Waals surface area contributed by atoms with Crippen LogP contribution in [0.1, 0.15) is 36.5 Å². The fourth-order valence-corrected chi connectivity index (χ4v) is 3.98. The minimum atomic E-state index is -2.94. The van der Waals surface area contributed by atoms with Crippen molar-refractivity contribution in [1.29, 1.82) is 0 Å². The second-order valence-corrected chi connectivity index (χ2v) is 8.53. The van der Waals surface area contributed by atoms with Crippen LogP contribution in [0.25, 0.3) is 6.08 Å². The molecule has 1 aliphatic heterocycles. The zero-order chi connectivity index (χ0) is 25.7. The number of benzene rings is 3. The molecule has 1 unspecified atom stereocenters. The van der Waals surface area contributed by atoms with E-state index in [0.717, 1.165) is 10.6 Å². The van der Waals surface area contributed by atoms with Gasteiger partial charge in [0.25, 0.3) is 5.91 Å². The quantitative estimate of drug-likeness (QED) is 0.432. The van der Waals surface area contributed by atoms with Crippen LogP contribution in [0.5, 0.6) is 5.75 Å². The second kappa shape index (κ2) is 10.9. The summed E-state index contributed by atoms with van der Waals surface area (Å²) in [6.07, 6.45) is 1.67. The Labute approximate surface area is 207 Å². The summed E-state index contributed by atoms with van der Waals surface area (Å²) in [5.41, 5.74) is 5.00. The summed E-state index contributed by atoms with van der Waals surface area (Å²) in [6, 6.07) is 24.3. The summed E-state index contributed by atoms with van der Waals surface area (Å²) in [5, 5.41) is 1.16. The van der Waals surface area contributed by atoms with Crippen LogP contribution in [0.3, 0.4) is 0 Å². The molecule has 0 aliphatic carbocycles. The summed E-state index contributed by atoms with van der Waals surface area (Å²) >= 11 is 0. The third-order valence-corrected chi connectivity index (χ3v) is 5.63. The zero-order valence-electron chi connectivity index (χ0n) is 19.8. The number of amides is 2. The van der Waals surface area contributed by atoms with Gasteiger partial charge in [-0.05, 0) is 35.3 Å². The molecule has 36 heavy (non-hydrogen) atoms. The van der Waals surface area contributed by atoms with E-state index in [1.165, 1.54) is 12.1 Å². The predicted octanol–water partition coefficient (Wildman–Crippen LogP) is 5.39. The van der Waals surface area contributed by atoms with Gasteiger partial charge in [0.2, 0.25) is 5.91 Å². The molecule has 0 fully saturated rings. The average molecular weight is 490 g/mol. The van der Waals surface area contributed by atoms with Crippen molar-refractivity contribution in [1.82, 2.24) is 10.4 Å². The second-order valence-electron chi connectivity index (χ2n) is 8.53. The molecule has 1 heterocycles. The smallest absolute Gasteiger partial charge is 0.387 e. The number of nitrogens with zero attached hydrogens (tertiary/aromatic N) is 2. The molecule has 0 saturated carbocycles. The van der Waals surface area contributed by atoms with Gasteiger partial charge in [0.15, 0.2) is 5.84 Å². The van der Waals surface area contributed by atoms with Crippen LogP contribution in [0.2, 0.25) is 0 Å². The highest BCUT2D eigenvalue weighted by Gasteiger charge is 2.35. The van der Waals surface area contributed by atoms with Crippen LogP contribution in [0, 0.1) is 5.92 Å². The predicted molar refractivity (Wildman–Crippen MR) is 133 cm³/mol. The van der Waals surface area contributed by atoms with Crippen molar-refractivity contribution in [3.63, 3.8) is 0 Å². The third kappa shape index (κ3) is 5.66. The van der Waals surface area contributed by atoms with Crippen molar-refractivity contribution in [2.24, 2.45) is 10.9 Å². The van der Waals surface area contributed by atoms with Gasteiger partial charge in [-0.25, -0.2) is 4.99 Å². The number of ether oxygens (including phenoxy) is 1. The number of nitrogens with one attached hydrogen (secondary N) is 1. The molecule has 8 heteroatoms. The number of carbonyl (C=O) groups excluding carboxylic acids is 2. The van der Waals surface area contributed by atoms with E-state index in [-0.39, 0.29) is 17.4 Å². The molecule has 1 atom stereocenters. The summed E-state index contributed by atoms with van der Waals surface area (Å²) in [6.45, 7) is 0.800. The highest BCUT2D eigenvalue weighted by molar-refractivity contribution is 6.20. The summed E-state index contributed by atoms with van der Waals surface area (Å²) in [7, 11) is 0. The van der Waals surface area contributed by atoms with Crippen molar-refractivity contribution < 1.29 is 23.1 Å². The molecular weight excluding hydrogens is 464 g/mol. The third-order valence-electron chi connectivity index (χ3n) is 5.63. The van der Waals surface area contributed by atoms with Gasteiger partial charge < -0.3 is 4.74 Å². The zero-order valence-corrected chi connectivity index (χ0v) is 19.8. The molecule has 0 bridgehead atoms. The molecule has 0 spiro atoms. The van der Waals surface area contributed by atoms with E-state index in [0.29, 0.717) is 17.0 Å². The average Bonchev–Trinajstić information content (AvgIpc) is 3.16. The normalized spacial score (nSPS) is 15.4. The molecule has 184 valence electrons. The van der Waals surface area contributed by atoms with Crippen molar-refractivity contribution in [2.75, 3.05) is 0 Å². The molecule has 6 nitrogen and oxygen atoms in total. The molecule has 2 amide bonds. The molecule has 4 rings (SSSR count). The Morgan fingerprint density at radius 1 is 0.944 bits per heavy atom. The number of hydrogen-bond donors (Lipinski definition) is 1. The van der Waals surface area contributed by atoms with Gasteiger partial charge in [-0.1, -0.05) is 86.6 Å². The van der Waals surface area contributed by atoms with Gasteiger partial charge >= 0.3 is 6.61 Å². The van der Waals surface area contributed by atoms with Crippen molar-refractivity contribution in [3.05, 3.63) is 107 Å². The molecule has 3 aromatic rings. The number of aliphatic imine (C=N–C) groups is 1. The highest BCUT2D eigenvalue weighted by Crippen LogP contribution is 2.28. The maximum absolute atomic E-state index is 13.5. The van der Waals surface area contributed by atoms with Gasteiger partial charge in [-0.15, -0.1) is 0 Å². The summed E-state index contributed by atoms with van der Waals surface area (Å²) in [5.74, 6) is -1.39. The first-order valence-electron chi connectivity index (χ1n) is 11.4. The fourth-order valence-electron chi connectivity index (χ4n) is 3.98. The number of hydrazine groups is 1. The van der Waals surface area contributed by atoms with Crippen LogP contribution in [-0.2, 0) is 9.59 Å². The molecule has 0 radical (unpaired) electrons. The van der Waals surface area contributed by atoms with Gasteiger partial charge in [0, 0.05) is 5.56 Å². The SMILES string of the molecule is CC(C)C(C(=O)NN1C(=O)C(=Cc2ccccc2)N=C1c1ccccc1)c1ccc(OC(F)F)cc1. The number of carbonyl (C=O) groups is 2. The van der Waals surface area contributed by atoms with Crippen molar-refractivity contribution in [2.45, 2.75) is 26.4 Å². The minimum absolute atomic E-state index is 0.000531. The lowest BCUT2D eigenvalue weighted by Gasteiger charge is -2.25. The topological polar surface area (TPSA) is 71.0 Å². The Morgan fingerprint density at radius 2 is 1.56 bits per heavy atom. The Balaban J connectivity index is 1.63. The maximum atomic E-state index is 13.5. The molecule has 1 aliphatic rings. The lowest BCUT2D eigenvalue weighted by atomic mass is 9.88. The Hall–Kier alpha value is -4.33. The monoisotopic (exact) mass is 489 g/mol. The Morgan fingerprint density at radius 3 is 2.14 bits per heavy atom. The summed E-state index contributed by atoms with van der Waals surface area (Å²) in [4.78, 5) is 31.3. The lowest BCUT2D eigenvalue weighted by Crippen LogP contribution is -2.49. The fraction of sp³-hybridized carbons (Fsp3) is 0.179. The van der Waals surface area contributed by atoms with Crippen LogP contribution in [-0.4, -0.2) is 29.3 Å². The van der Waals surface area contributed by atoms with Gasteiger partial charge in [-0.2, -0.15) is 13.8 Å². The van der Waals surface area contributed by atoms with E-state index in [9.17, 15) is 18.4 Å². The Bertz CT molecular complexity index is 1270. The van der Waals surface area contributed by atoms with E-state index in [2.05, 4.69) is 15.2 Å². The van der Waals surface area contributed by atoms with Crippen LogP contribution >= 0.6 is 0 Å². The standard InChI is InChI=1S/C28H25F2N3O3/c1-18(2)24(20-13-15-22(16-14-20)36-28(29)30)26(34)32-33-25(21-11-7-4-8-12-21)31-23(27(33)35)17-19-9-5-3-6-10-19/h3-18,24,28H,1-2H3,(H,32,34). The first-order valence-corrected chi connectivity index (χ1v) is 11.4. The Kier molecular flexibility index (Phi) is 7.53. The van der Waals surface area contributed by atoms with E-state index in [1.807, 2.05) is 62.4 Å². The minimum Gasteiger partial charge on any atom is -0.435 e.